The molecule has 2 rings (SSSR count). The average molecular weight is 291 g/mol. The fraction of sp³-hybridized carbons (Fsp3) is 0.500. The standard InChI is InChI=1S/C16H21NO4/c1-10(18)12-9-16(2,15(19)21-4)17-14(12)11-7-5-6-8-13(11)20-3/h5-8,12,14,17H,9H2,1-4H3/t12-,14-,16+/m0/s1. The number of rotatable bonds is 4. The van der Waals surface area contributed by atoms with Gasteiger partial charge in [-0.15, -0.1) is 0 Å². The Balaban J connectivity index is 2.41. The quantitative estimate of drug-likeness (QED) is 0.858. The van der Waals surface area contributed by atoms with Gasteiger partial charge in [-0.1, -0.05) is 18.2 Å². The summed E-state index contributed by atoms with van der Waals surface area (Å²) >= 11 is 0. The highest BCUT2D eigenvalue weighted by Gasteiger charge is 2.49. The van der Waals surface area contributed by atoms with E-state index in [2.05, 4.69) is 5.32 Å². The Morgan fingerprint density at radius 3 is 2.52 bits per heavy atom. The number of carbonyl (C=O) groups excluding carboxylic acids is 2. The van der Waals surface area contributed by atoms with Crippen LogP contribution in [0.3, 0.4) is 0 Å². The molecule has 114 valence electrons. The van der Waals surface area contributed by atoms with Crippen LogP contribution in [-0.2, 0) is 14.3 Å². The molecule has 1 heterocycles. The van der Waals surface area contributed by atoms with Crippen molar-refractivity contribution < 1.29 is 19.1 Å². The molecule has 21 heavy (non-hydrogen) atoms. The van der Waals surface area contributed by atoms with Crippen LogP contribution < -0.4 is 10.1 Å². The first-order valence-electron chi connectivity index (χ1n) is 6.92. The summed E-state index contributed by atoms with van der Waals surface area (Å²) in [6.45, 7) is 3.32. The predicted molar refractivity (Wildman–Crippen MR) is 78.1 cm³/mol. The van der Waals surface area contributed by atoms with Gasteiger partial charge < -0.3 is 9.47 Å². The van der Waals surface area contributed by atoms with Crippen molar-refractivity contribution >= 4 is 11.8 Å². The Kier molecular flexibility index (Phi) is 4.32. The maximum Gasteiger partial charge on any atom is 0.325 e. The molecule has 0 aliphatic carbocycles. The van der Waals surface area contributed by atoms with Crippen LogP contribution in [0.25, 0.3) is 0 Å². The second-order valence-corrected chi connectivity index (χ2v) is 5.61. The zero-order valence-corrected chi connectivity index (χ0v) is 12.8. The second-order valence-electron chi connectivity index (χ2n) is 5.61. The van der Waals surface area contributed by atoms with E-state index in [1.807, 2.05) is 24.3 Å². The van der Waals surface area contributed by atoms with E-state index in [4.69, 9.17) is 9.47 Å². The van der Waals surface area contributed by atoms with Gasteiger partial charge in [-0.05, 0) is 26.3 Å². The minimum atomic E-state index is -0.864. The van der Waals surface area contributed by atoms with E-state index in [1.165, 1.54) is 7.11 Å². The summed E-state index contributed by atoms with van der Waals surface area (Å²) in [4.78, 5) is 24.0. The van der Waals surface area contributed by atoms with Gasteiger partial charge in [-0.3, -0.25) is 14.9 Å². The van der Waals surface area contributed by atoms with Crippen molar-refractivity contribution in [2.24, 2.45) is 5.92 Å². The van der Waals surface area contributed by atoms with Crippen LogP contribution in [0.1, 0.15) is 31.9 Å². The number of ketones is 1. The monoisotopic (exact) mass is 291 g/mol. The Labute approximate surface area is 124 Å². The predicted octanol–water partition coefficient (Wildman–Crippen LogP) is 1.87. The van der Waals surface area contributed by atoms with E-state index in [0.29, 0.717) is 12.2 Å². The number of Topliss-reactive ketones (excluding diaryl/α,β-unsaturated/α-hetero) is 1. The van der Waals surface area contributed by atoms with E-state index in [0.717, 1.165) is 5.56 Å². The third-order valence-electron chi connectivity index (χ3n) is 4.14. The number of ether oxygens (including phenoxy) is 2. The van der Waals surface area contributed by atoms with Crippen LogP contribution in [0.5, 0.6) is 5.75 Å². The number of hydrogen-bond acceptors (Lipinski definition) is 5. The Hall–Kier alpha value is -1.88. The summed E-state index contributed by atoms with van der Waals surface area (Å²) in [5, 5.41) is 3.27. The van der Waals surface area contributed by atoms with Crippen LogP contribution in [0.15, 0.2) is 24.3 Å². The smallest absolute Gasteiger partial charge is 0.325 e. The summed E-state index contributed by atoms with van der Waals surface area (Å²) in [7, 11) is 2.95. The molecule has 1 fully saturated rings. The normalized spacial score (nSPS) is 28.2. The lowest BCUT2D eigenvalue weighted by Crippen LogP contribution is -2.46. The summed E-state index contributed by atoms with van der Waals surface area (Å²) in [5.74, 6) is 0.109. The molecule has 0 saturated carbocycles. The number of methoxy groups -OCH3 is 2. The van der Waals surface area contributed by atoms with Crippen LogP contribution in [-0.4, -0.2) is 31.5 Å². The summed E-state index contributed by atoms with van der Waals surface area (Å²) < 4.78 is 10.2. The van der Waals surface area contributed by atoms with Crippen molar-refractivity contribution in [2.75, 3.05) is 14.2 Å². The van der Waals surface area contributed by atoms with Gasteiger partial charge in [0.05, 0.1) is 14.2 Å². The SMILES string of the molecule is COC(=O)[C@@]1(C)C[C@@H](C(C)=O)[C@H](c2ccccc2OC)N1. The van der Waals surface area contributed by atoms with Crippen molar-refractivity contribution in [1.82, 2.24) is 5.32 Å². The lowest BCUT2D eigenvalue weighted by atomic mass is 9.87. The average Bonchev–Trinajstić information content (AvgIpc) is 2.85. The lowest BCUT2D eigenvalue weighted by Gasteiger charge is -2.23. The van der Waals surface area contributed by atoms with Gasteiger partial charge in [0.2, 0.25) is 0 Å². The molecule has 1 aromatic carbocycles. The Morgan fingerprint density at radius 1 is 1.29 bits per heavy atom. The maximum absolute atomic E-state index is 12.0. The third kappa shape index (κ3) is 2.78. The van der Waals surface area contributed by atoms with Gasteiger partial charge in [0.1, 0.15) is 17.1 Å². The van der Waals surface area contributed by atoms with Gasteiger partial charge in [0.25, 0.3) is 0 Å². The minimum Gasteiger partial charge on any atom is -0.496 e. The molecular formula is C16H21NO4. The number of nitrogens with one attached hydrogen (secondary N) is 1. The zero-order chi connectivity index (χ0) is 15.6. The summed E-state index contributed by atoms with van der Waals surface area (Å²) in [6, 6.07) is 7.27. The van der Waals surface area contributed by atoms with Crippen molar-refractivity contribution in [1.29, 1.82) is 0 Å². The van der Waals surface area contributed by atoms with Crippen molar-refractivity contribution in [3.8, 4) is 5.75 Å². The van der Waals surface area contributed by atoms with E-state index < -0.39 is 5.54 Å². The highest BCUT2D eigenvalue weighted by molar-refractivity contribution is 5.86. The first kappa shape index (κ1) is 15.5. The van der Waals surface area contributed by atoms with Crippen molar-refractivity contribution in [2.45, 2.75) is 31.8 Å². The van der Waals surface area contributed by atoms with Crippen LogP contribution in [0, 0.1) is 5.92 Å². The molecule has 3 atom stereocenters. The van der Waals surface area contributed by atoms with Crippen molar-refractivity contribution in [3.63, 3.8) is 0 Å². The van der Waals surface area contributed by atoms with Crippen LogP contribution in [0.4, 0.5) is 0 Å². The molecule has 5 nitrogen and oxygen atoms in total. The molecule has 0 aromatic heterocycles. The molecular weight excluding hydrogens is 270 g/mol. The fourth-order valence-corrected chi connectivity index (χ4v) is 3.02. The number of benzene rings is 1. The molecule has 1 aliphatic heterocycles. The highest BCUT2D eigenvalue weighted by atomic mass is 16.5. The van der Waals surface area contributed by atoms with E-state index in [-0.39, 0.29) is 23.7 Å². The van der Waals surface area contributed by atoms with Crippen LogP contribution >= 0.6 is 0 Å². The molecule has 1 aliphatic rings. The fourth-order valence-electron chi connectivity index (χ4n) is 3.02. The first-order chi connectivity index (χ1) is 9.92. The molecule has 0 radical (unpaired) electrons. The lowest BCUT2D eigenvalue weighted by molar-refractivity contribution is -0.147. The summed E-state index contributed by atoms with van der Waals surface area (Å²) in [6.07, 6.45) is 0.414. The van der Waals surface area contributed by atoms with E-state index in [1.54, 1.807) is 21.0 Å². The zero-order valence-electron chi connectivity index (χ0n) is 12.8. The summed E-state index contributed by atoms with van der Waals surface area (Å²) in [5.41, 5.74) is 0.0178. The van der Waals surface area contributed by atoms with Gasteiger partial charge in [0, 0.05) is 17.5 Å². The van der Waals surface area contributed by atoms with Crippen molar-refractivity contribution in [3.05, 3.63) is 29.8 Å². The van der Waals surface area contributed by atoms with Gasteiger partial charge >= 0.3 is 5.97 Å². The molecule has 0 spiro atoms. The highest BCUT2D eigenvalue weighted by Crippen LogP contribution is 2.41. The van der Waals surface area contributed by atoms with Crippen LogP contribution in [0.2, 0.25) is 0 Å². The second kappa shape index (κ2) is 5.85. The van der Waals surface area contributed by atoms with Gasteiger partial charge in [-0.2, -0.15) is 0 Å². The number of carbonyl (C=O) groups is 2. The van der Waals surface area contributed by atoms with E-state index in [9.17, 15) is 9.59 Å². The molecule has 1 saturated heterocycles. The molecule has 1 aromatic rings. The molecule has 0 unspecified atom stereocenters. The first-order valence-corrected chi connectivity index (χ1v) is 6.92. The molecule has 5 heteroatoms. The maximum atomic E-state index is 12.0. The largest absolute Gasteiger partial charge is 0.496 e. The number of para-hydroxylation sites is 1. The number of hydrogen-bond donors (Lipinski definition) is 1. The Bertz CT molecular complexity index is 557. The number of esters is 1. The van der Waals surface area contributed by atoms with E-state index >= 15 is 0 Å². The molecule has 0 amide bonds. The topological polar surface area (TPSA) is 64.6 Å². The van der Waals surface area contributed by atoms with Gasteiger partial charge in [-0.25, -0.2) is 0 Å². The van der Waals surface area contributed by atoms with Gasteiger partial charge in [0.15, 0.2) is 0 Å². The Morgan fingerprint density at radius 2 is 1.95 bits per heavy atom. The molecule has 1 N–H and O–H groups in total. The molecule has 0 bridgehead atoms. The minimum absolute atomic E-state index is 0.0473. The third-order valence-corrected chi connectivity index (χ3v) is 4.14.